The zero-order chi connectivity index (χ0) is 35.5. The Morgan fingerprint density at radius 2 is 0.553 bits per heavy atom. The lowest BCUT2D eigenvalue weighted by Crippen LogP contribution is -2.36. The van der Waals surface area contributed by atoms with Crippen LogP contribution in [0.2, 0.25) is 0 Å². The first-order chi connectivity index (χ1) is 20.5. The van der Waals surface area contributed by atoms with Crippen LogP contribution in [0.1, 0.15) is 47.7 Å². The summed E-state index contributed by atoms with van der Waals surface area (Å²) >= 11 is 0. The monoisotopic (exact) mass is 731 g/mol. The molecule has 0 bridgehead atoms. The fourth-order valence-electron chi connectivity index (χ4n) is 4.23. The Morgan fingerprint density at radius 3 is 0.681 bits per heavy atom. The lowest BCUT2D eigenvalue weighted by molar-refractivity contribution is -0.144. The van der Waals surface area contributed by atoms with Crippen LogP contribution >= 0.6 is 7.49 Å². The van der Waals surface area contributed by atoms with Gasteiger partial charge in [0, 0.05) is 0 Å². The predicted molar refractivity (Wildman–Crippen MR) is 134 cm³/mol. The Bertz CT molecular complexity index is 1290. The molecule has 262 valence electrons. The molecule has 0 aliphatic rings. The first-order valence-electron chi connectivity index (χ1n) is 11.9. The van der Waals surface area contributed by atoms with E-state index in [0.717, 1.165) is 6.92 Å². The second kappa shape index (κ2) is 12.7. The zero-order valence-electron chi connectivity index (χ0n) is 22.1. The lowest BCUT2D eigenvalue weighted by Gasteiger charge is -2.29. The average molecular weight is 731 g/mol. The molecular weight excluding hydrogens is 713 g/mol. The van der Waals surface area contributed by atoms with Crippen LogP contribution in [-0.2, 0) is 41.6 Å². The summed E-state index contributed by atoms with van der Waals surface area (Å²) in [6, 6.07) is -3.07. The van der Waals surface area contributed by atoms with E-state index in [4.69, 9.17) is 4.52 Å². The molecule has 0 aromatic heterocycles. The van der Waals surface area contributed by atoms with Gasteiger partial charge in [-0.15, -0.1) is 0 Å². The van der Waals surface area contributed by atoms with Gasteiger partial charge in [-0.3, -0.25) is 0 Å². The van der Waals surface area contributed by atoms with E-state index in [0.29, 0.717) is 0 Å². The van der Waals surface area contributed by atoms with Crippen LogP contribution in [0.15, 0.2) is 54.6 Å². The van der Waals surface area contributed by atoms with Crippen molar-refractivity contribution in [3.63, 3.8) is 0 Å². The number of hydrogen-bond acceptors (Lipinski definition) is 1. The molecule has 0 radical (unpaired) electrons. The summed E-state index contributed by atoms with van der Waals surface area (Å²) in [7, 11) is -5.63. The molecule has 0 unspecified atom stereocenters. The maximum Gasteiger partial charge on any atom is 0.416 e. The summed E-state index contributed by atoms with van der Waals surface area (Å²) in [5.74, 6) is 0. The molecule has 0 aliphatic heterocycles. The van der Waals surface area contributed by atoms with Crippen LogP contribution in [0.3, 0.4) is 0 Å². The largest absolute Gasteiger partial charge is 0.416 e. The third-order valence-electron chi connectivity index (χ3n) is 6.13. The van der Waals surface area contributed by atoms with Gasteiger partial charge in [0.15, 0.2) is 0 Å². The summed E-state index contributed by atoms with van der Waals surface area (Å²) in [6.45, 7) is -0.204. The Morgan fingerprint density at radius 1 is 0.383 bits per heavy atom. The smallest absolute Gasteiger partial charge is 0.222 e. The second-order valence-electron chi connectivity index (χ2n) is 9.32. The number of rotatable bonds is 5. The van der Waals surface area contributed by atoms with Crippen LogP contribution in [0, 0.1) is 0 Å². The van der Waals surface area contributed by atoms with E-state index in [2.05, 4.69) is 0 Å². The Labute approximate surface area is 253 Å². The molecular formula is C27H18F18OP+. The van der Waals surface area contributed by atoms with Gasteiger partial charge in [0.05, 0.1) is 40.0 Å². The summed E-state index contributed by atoms with van der Waals surface area (Å²) in [5, 5.41) is -4.76. The predicted octanol–water partition coefficient (Wildman–Crippen LogP) is 10.7. The highest BCUT2D eigenvalue weighted by Gasteiger charge is 2.54. The third-order valence-corrected chi connectivity index (χ3v) is 9.73. The van der Waals surface area contributed by atoms with Crippen molar-refractivity contribution in [2.75, 3.05) is 6.61 Å². The van der Waals surface area contributed by atoms with E-state index in [1.807, 2.05) is 0 Å². The Kier molecular flexibility index (Phi) is 10.8. The molecule has 0 spiro atoms. The Hall–Kier alpha value is -3.21. The van der Waals surface area contributed by atoms with Crippen molar-refractivity contribution in [1.29, 1.82) is 0 Å². The highest BCUT2D eigenvalue weighted by Crippen LogP contribution is 2.59. The van der Waals surface area contributed by atoms with Crippen molar-refractivity contribution in [2.24, 2.45) is 0 Å². The molecule has 0 N–H and O–H groups in total. The van der Waals surface area contributed by atoms with Crippen molar-refractivity contribution in [3.8, 4) is 0 Å². The summed E-state index contributed by atoms with van der Waals surface area (Å²) in [5.41, 5.74) is -13.5. The number of alkyl halides is 18. The van der Waals surface area contributed by atoms with Crippen molar-refractivity contribution in [1.82, 2.24) is 0 Å². The van der Waals surface area contributed by atoms with E-state index in [1.165, 1.54) is 0 Å². The summed E-state index contributed by atoms with van der Waals surface area (Å²) in [4.78, 5) is 0. The van der Waals surface area contributed by atoms with Gasteiger partial charge in [-0.2, -0.15) is 79.0 Å². The van der Waals surface area contributed by atoms with Crippen LogP contribution in [-0.4, -0.2) is 6.61 Å². The first kappa shape index (κ1) is 40.0. The molecule has 0 fully saturated rings. The highest BCUT2D eigenvalue weighted by atomic mass is 31.2. The molecule has 0 saturated heterocycles. The van der Waals surface area contributed by atoms with E-state index in [9.17, 15) is 79.0 Å². The van der Waals surface area contributed by atoms with Crippen LogP contribution in [0.25, 0.3) is 0 Å². The molecule has 0 amide bonds. The molecule has 3 aromatic rings. The summed E-state index contributed by atoms with van der Waals surface area (Å²) < 4.78 is 254. The maximum absolute atomic E-state index is 13.8. The van der Waals surface area contributed by atoms with Crippen molar-refractivity contribution in [3.05, 3.63) is 88.0 Å². The molecule has 0 aliphatic carbocycles. The molecule has 1 nitrogen and oxygen atoms in total. The normalized spacial score (nSPS) is 13.9. The van der Waals surface area contributed by atoms with Crippen molar-refractivity contribution < 1.29 is 83.6 Å². The van der Waals surface area contributed by atoms with Gasteiger partial charge in [-0.05, 0) is 61.5 Å². The van der Waals surface area contributed by atoms with Crippen LogP contribution in [0.4, 0.5) is 79.0 Å². The molecule has 3 aromatic carbocycles. The van der Waals surface area contributed by atoms with Gasteiger partial charge in [-0.25, -0.2) is 4.52 Å². The van der Waals surface area contributed by atoms with Gasteiger partial charge in [0.25, 0.3) is 0 Å². The number of hydrogen-bond donors (Lipinski definition) is 0. The Balaban J connectivity index is 0.00000768. The SMILES string of the molecule is C.CCO[P+](c1cc(C(F)(F)F)cc(C(F)(F)F)c1)(c1cc(C(F)(F)F)cc(C(F)(F)F)c1)c1cc(C(F)(F)F)cc(C(F)(F)F)c1. The van der Waals surface area contributed by atoms with E-state index < -0.39 is 119 Å². The number of benzene rings is 3. The second-order valence-corrected chi connectivity index (χ2v) is 12.3. The lowest BCUT2D eigenvalue weighted by atomic mass is 10.1. The fourth-order valence-corrected chi connectivity index (χ4v) is 7.88. The minimum atomic E-state index is -5.73. The van der Waals surface area contributed by atoms with Crippen molar-refractivity contribution >= 4 is 23.4 Å². The van der Waals surface area contributed by atoms with Gasteiger partial charge in [0.1, 0.15) is 15.9 Å². The third kappa shape index (κ3) is 8.64. The topological polar surface area (TPSA) is 9.23 Å². The molecule has 0 atom stereocenters. The molecule has 3 rings (SSSR count). The van der Waals surface area contributed by atoms with E-state index >= 15 is 0 Å². The number of halogens is 18. The van der Waals surface area contributed by atoms with Crippen LogP contribution in [0.5, 0.6) is 0 Å². The maximum atomic E-state index is 13.8. The quantitative estimate of drug-likeness (QED) is 0.188. The van der Waals surface area contributed by atoms with Gasteiger partial charge >= 0.3 is 37.1 Å². The fraction of sp³-hybridized carbons (Fsp3) is 0.333. The minimum absolute atomic E-state index is 0. The molecule has 47 heavy (non-hydrogen) atoms. The molecule has 20 heteroatoms. The van der Waals surface area contributed by atoms with Gasteiger partial charge in [-0.1, -0.05) is 7.43 Å². The van der Waals surface area contributed by atoms with Crippen LogP contribution < -0.4 is 15.9 Å². The van der Waals surface area contributed by atoms with Crippen molar-refractivity contribution in [2.45, 2.75) is 51.4 Å². The summed E-state index contributed by atoms with van der Waals surface area (Å²) in [6.07, 6.45) is -34.4. The van der Waals surface area contributed by atoms with Gasteiger partial charge < -0.3 is 0 Å². The molecule has 0 heterocycles. The van der Waals surface area contributed by atoms with E-state index in [1.54, 1.807) is 0 Å². The first-order valence-corrected chi connectivity index (χ1v) is 13.7. The highest BCUT2D eigenvalue weighted by molar-refractivity contribution is 7.91. The molecule has 0 saturated carbocycles. The van der Waals surface area contributed by atoms with E-state index in [-0.39, 0.29) is 43.8 Å². The average Bonchev–Trinajstić information content (AvgIpc) is 2.88. The van der Waals surface area contributed by atoms with Gasteiger partial charge in [0.2, 0.25) is 7.49 Å². The minimum Gasteiger partial charge on any atom is -0.222 e. The standard InChI is InChI=1S/C26H14F18OP.CH4/c1-2-45-46(18-6-12(21(27,28)29)3-13(7-18)22(30,31)32,19-8-14(23(33,34)35)4-15(9-19)24(36,37)38)20-10-16(25(39,40)41)5-17(11-20)26(42,43)44;/h3-11H,2H2,1H3;1H4/q+1;. The zero-order valence-corrected chi connectivity index (χ0v) is 23.0.